The molecule has 0 spiro atoms. The number of likely N-dealkylation sites (tertiary alicyclic amines) is 1. The number of ether oxygens (including phenoxy) is 2. The molecule has 1 fully saturated rings. The minimum atomic E-state index is -0.0351. The lowest BCUT2D eigenvalue weighted by Crippen LogP contribution is -2.36. The van der Waals surface area contributed by atoms with Crippen molar-refractivity contribution in [1.82, 2.24) is 4.90 Å². The monoisotopic (exact) mass is 275 g/mol. The molecule has 3 rings (SSSR count). The van der Waals surface area contributed by atoms with E-state index in [0.29, 0.717) is 30.0 Å². The summed E-state index contributed by atoms with van der Waals surface area (Å²) in [6.07, 6.45) is 2.29. The zero-order valence-corrected chi connectivity index (χ0v) is 11.4. The van der Waals surface area contributed by atoms with Crippen molar-refractivity contribution in [3.63, 3.8) is 0 Å². The second-order valence-corrected chi connectivity index (χ2v) is 5.27. The van der Waals surface area contributed by atoms with E-state index < -0.39 is 0 Å². The SMILES string of the molecule is CC(=O)CC1CCCN1C(=O)c1ccc2c(c1)OCO2. The molecular formula is C15H17NO4. The molecule has 5 heteroatoms. The van der Waals surface area contributed by atoms with Gasteiger partial charge in [-0.05, 0) is 38.0 Å². The fourth-order valence-electron chi connectivity index (χ4n) is 2.84. The third-order valence-electron chi connectivity index (χ3n) is 3.78. The number of carbonyl (C=O) groups is 2. The quantitative estimate of drug-likeness (QED) is 0.846. The van der Waals surface area contributed by atoms with Gasteiger partial charge in [-0.25, -0.2) is 0 Å². The number of fused-ring (bicyclic) bond motifs is 1. The lowest BCUT2D eigenvalue weighted by atomic mass is 10.1. The van der Waals surface area contributed by atoms with Gasteiger partial charge in [-0.2, -0.15) is 0 Å². The zero-order valence-electron chi connectivity index (χ0n) is 11.4. The highest BCUT2D eigenvalue weighted by molar-refractivity contribution is 5.95. The molecular weight excluding hydrogens is 258 g/mol. The first-order valence-corrected chi connectivity index (χ1v) is 6.85. The Labute approximate surface area is 117 Å². The maximum atomic E-state index is 12.6. The van der Waals surface area contributed by atoms with Crippen LogP contribution in [-0.4, -0.2) is 36.0 Å². The number of hydrogen-bond donors (Lipinski definition) is 0. The van der Waals surface area contributed by atoms with Gasteiger partial charge >= 0.3 is 0 Å². The maximum Gasteiger partial charge on any atom is 0.254 e. The molecule has 0 saturated carbocycles. The number of hydrogen-bond acceptors (Lipinski definition) is 4. The van der Waals surface area contributed by atoms with Crippen LogP contribution in [0.5, 0.6) is 11.5 Å². The van der Waals surface area contributed by atoms with Crippen molar-refractivity contribution in [1.29, 1.82) is 0 Å². The molecule has 1 amide bonds. The lowest BCUT2D eigenvalue weighted by molar-refractivity contribution is -0.117. The second-order valence-electron chi connectivity index (χ2n) is 5.27. The van der Waals surface area contributed by atoms with Gasteiger partial charge in [-0.15, -0.1) is 0 Å². The zero-order chi connectivity index (χ0) is 14.1. The van der Waals surface area contributed by atoms with Gasteiger partial charge < -0.3 is 14.4 Å². The molecule has 2 aliphatic rings. The summed E-state index contributed by atoms with van der Waals surface area (Å²) in [4.78, 5) is 25.6. The fraction of sp³-hybridized carbons (Fsp3) is 0.467. The van der Waals surface area contributed by atoms with Crippen LogP contribution in [0.15, 0.2) is 18.2 Å². The van der Waals surface area contributed by atoms with Crippen LogP contribution in [0.4, 0.5) is 0 Å². The normalized spacial score (nSPS) is 20.2. The Bertz CT molecular complexity index is 555. The van der Waals surface area contributed by atoms with E-state index in [9.17, 15) is 9.59 Å². The number of amides is 1. The predicted molar refractivity (Wildman–Crippen MR) is 71.9 cm³/mol. The van der Waals surface area contributed by atoms with Gasteiger partial charge in [0, 0.05) is 24.6 Å². The molecule has 1 aromatic carbocycles. The molecule has 20 heavy (non-hydrogen) atoms. The molecule has 2 heterocycles. The Kier molecular flexibility index (Phi) is 3.34. The average Bonchev–Trinajstić information content (AvgIpc) is 3.04. The molecule has 2 aliphatic heterocycles. The molecule has 0 N–H and O–H groups in total. The molecule has 0 aliphatic carbocycles. The third kappa shape index (κ3) is 2.35. The van der Waals surface area contributed by atoms with Crippen LogP contribution >= 0.6 is 0 Å². The molecule has 5 nitrogen and oxygen atoms in total. The van der Waals surface area contributed by atoms with E-state index in [1.165, 1.54) is 0 Å². The Morgan fingerprint density at radius 2 is 2.10 bits per heavy atom. The molecule has 0 radical (unpaired) electrons. The molecule has 0 aromatic heterocycles. The van der Waals surface area contributed by atoms with E-state index in [0.717, 1.165) is 12.8 Å². The van der Waals surface area contributed by atoms with Crippen molar-refractivity contribution in [3.05, 3.63) is 23.8 Å². The lowest BCUT2D eigenvalue weighted by Gasteiger charge is -2.24. The number of nitrogens with zero attached hydrogens (tertiary/aromatic N) is 1. The van der Waals surface area contributed by atoms with Gasteiger partial charge in [0.2, 0.25) is 6.79 Å². The van der Waals surface area contributed by atoms with E-state index in [1.54, 1.807) is 30.0 Å². The number of ketones is 1. The van der Waals surface area contributed by atoms with Crippen LogP contribution in [0, 0.1) is 0 Å². The molecule has 106 valence electrons. The number of benzene rings is 1. The summed E-state index contributed by atoms with van der Waals surface area (Å²) in [7, 11) is 0. The fourth-order valence-corrected chi connectivity index (χ4v) is 2.84. The second kappa shape index (κ2) is 5.15. The van der Waals surface area contributed by atoms with Crippen LogP contribution in [0.25, 0.3) is 0 Å². The molecule has 1 atom stereocenters. The summed E-state index contributed by atoms with van der Waals surface area (Å²) >= 11 is 0. The first kappa shape index (κ1) is 13.0. The minimum Gasteiger partial charge on any atom is -0.454 e. The molecule has 1 aromatic rings. The summed E-state index contributed by atoms with van der Waals surface area (Å²) in [5.41, 5.74) is 0.588. The minimum absolute atomic E-state index is 0.0328. The van der Waals surface area contributed by atoms with Crippen LogP contribution in [-0.2, 0) is 4.79 Å². The number of carbonyl (C=O) groups excluding carboxylic acids is 2. The summed E-state index contributed by atoms with van der Waals surface area (Å²) in [6, 6.07) is 5.25. The number of rotatable bonds is 3. The van der Waals surface area contributed by atoms with Crippen LogP contribution in [0.3, 0.4) is 0 Å². The maximum absolute atomic E-state index is 12.6. The van der Waals surface area contributed by atoms with Gasteiger partial charge in [0.1, 0.15) is 5.78 Å². The van der Waals surface area contributed by atoms with Crippen molar-refractivity contribution < 1.29 is 19.1 Å². The first-order valence-electron chi connectivity index (χ1n) is 6.85. The smallest absolute Gasteiger partial charge is 0.254 e. The molecule has 0 bridgehead atoms. The van der Waals surface area contributed by atoms with E-state index >= 15 is 0 Å². The average molecular weight is 275 g/mol. The highest BCUT2D eigenvalue weighted by Gasteiger charge is 2.30. The van der Waals surface area contributed by atoms with Crippen molar-refractivity contribution in [2.45, 2.75) is 32.2 Å². The van der Waals surface area contributed by atoms with Gasteiger partial charge in [-0.3, -0.25) is 9.59 Å². The van der Waals surface area contributed by atoms with Crippen molar-refractivity contribution >= 4 is 11.7 Å². The van der Waals surface area contributed by atoms with Crippen molar-refractivity contribution in [2.75, 3.05) is 13.3 Å². The largest absolute Gasteiger partial charge is 0.454 e. The Morgan fingerprint density at radius 3 is 2.90 bits per heavy atom. The van der Waals surface area contributed by atoms with Gasteiger partial charge in [0.15, 0.2) is 11.5 Å². The Morgan fingerprint density at radius 1 is 1.30 bits per heavy atom. The molecule has 1 unspecified atom stereocenters. The Balaban J connectivity index is 1.79. The first-order chi connectivity index (χ1) is 9.65. The number of Topliss-reactive ketones (excluding diaryl/α,β-unsaturated/α-hetero) is 1. The highest BCUT2D eigenvalue weighted by Crippen LogP contribution is 2.33. The highest BCUT2D eigenvalue weighted by atomic mass is 16.7. The third-order valence-corrected chi connectivity index (χ3v) is 3.78. The summed E-state index contributed by atoms with van der Waals surface area (Å²) in [5, 5.41) is 0. The topological polar surface area (TPSA) is 55.8 Å². The molecule has 1 saturated heterocycles. The summed E-state index contributed by atoms with van der Waals surface area (Å²) < 4.78 is 10.5. The van der Waals surface area contributed by atoms with Crippen LogP contribution in [0.2, 0.25) is 0 Å². The Hall–Kier alpha value is -2.04. The van der Waals surface area contributed by atoms with Crippen LogP contribution in [0.1, 0.15) is 36.5 Å². The van der Waals surface area contributed by atoms with E-state index in [2.05, 4.69) is 0 Å². The van der Waals surface area contributed by atoms with Gasteiger partial charge in [0.25, 0.3) is 5.91 Å². The van der Waals surface area contributed by atoms with Gasteiger partial charge in [-0.1, -0.05) is 0 Å². The van der Waals surface area contributed by atoms with E-state index in [1.807, 2.05) is 0 Å². The summed E-state index contributed by atoms with van der Waals surface area (Å²) in [6.45, 7) is 2.48. The van der Waals surface area contributed by atoms with E-state index in [4.69, 9.17) is 9.47 Å². The van der Waals surface area contributed by atoms with E-state index in [-0.39, 0.29) is 24.5 Å². The van der Waals surface area contributed by atoms with Crippen LogP contribution < -0.4 is 9.47 Å². The predicted octanol–water partition coefficient (Wildman–Crippen LogP) is 2.00. The standard InChI is InChI=1S/C15H17NO4/c1-10(17)7-12-3-2-6-16(12)15(18)11-4-5-13-14(8-11)20-9-19-13/h4-5,8,12H,2-3,6-7,9H2,1H3. The van der Waals surface area contributed by atoms with Crippen molar-refractivity contribution in [3.8, 4) is 11.5 Å². The van der Waals surface area contributed by atoms with Crippen molar-refractivity contribution in [2.24, 2.45) is 0 Å². The van der Waals surface area contributed by atoms with Gasteiger partial charge in [0.05, 0.1) is 0 Å². The summed E-state index contributed by atoms with van der Waals surface area (Å²) in [5.74, 6) is 1.37.